The second kappa shape index (κ2) is 9.58. The molecule has 0 aliphatic carbocycles. The van der Waals surface area contributed by atoms with E-state index in [2.05, 4.69) is 56.6 Å². The maximum Gasteiger partial charge on any atom is 0.175 e. The molecule has 0 saturated carbocycles. The van der Waals surface area contributed by atoms with Crippen LogP contribution >= 0.6 is 23.1 Å². The van der Waals surface area contributed by atoms with Crippen molar-refractivity contribution in [2.45, 2.75) is 42.9 Å². The number of thiophene rings is 1. The van der Waals surface area contributed by atoms with Crippen molar-refractivity contribution in [2.75, 3.05) is 25.5 Å². The Hall–Kier alpha value is -2.82. The molecule has 0 fully saturated rings. The van der Waals surface area contributed by atoms with Gasteiger partial charge in [-0.15, -0.1) is 0 Å². The van der Waals surface area contributed by atoms with E-state index in [0.717, 1.165) is 57.8 Å². The highest BCUT2D eigenvalue weighted by molar-refractivity contribution is 7.99. The van der Waals surface area contributed by atoms with Crippen molar-refractivity contribution in [2.24, 2.45) is 0 Å². The molecule has 3 aromatic heterocycles. The van der Waals surface area contributed by atoms with E-state index in [1.807, 2.05) is 6.07 Å². The first-order valence-electron chi connectivity index (χ1n) is 10.9. The zero-order valence-electron chi connectivity index (χ0n) is 18.6. The third-order valence-corrected chi connectivity index (χ3v) is 7.05. The molecule has 10 heteroatoms. The lowest BCUT2D eigenvalue weighted by atomic mass is 10.1. The van der Waals surface area contributed by atoms with Crippen molar-refractivity contribution >= 4 is 40.1 Å². The molecule has 4 aromatic rings. The largest absolute Gasteiger partial charge is 0.486 e. The van der Waals surface area contributed by atoms with Gasteiger partial charge in [0.1, 0.15) is 19.5 Å². The average Bonchev–Trinajstić information content (AvgIpc) is 3.45. The number of imidazole rings is 1. The Balaban J connectivity index is 1.55. The number of aromatic nitrogens is 4. The quantitative estimate of drug-likeness (QED) is 0.355. The SMILES string of the molecule is CC(C)NCCCn1c(Sc2cc3c(cc2-c2ccsc2)OCCO3)nc2c(N)ncnc21. The highest BCUT2D eigenvalue weighted by Crippen LogP contribution is 2.44. The Kier molecular flexibility index (Phi) is 6.39. The van der Waals surface area contributed by atoms with Crippen molar-refractivity contribution in [3.05, 3.63) is 35.3 Å². The van der Waals surface area contributed by atoms with Crippen molar-refractivity contribution in [3.63, 3.8) is 0 Å². The Labute approximate surface area is 200 Å². The molecule has 33 heavy (non-hydrogen) atoms. The summed E-state index contributed by atoms with van der Waals surface area (Å²) in [5.41, 5.74) is 9.75. The molecule has 0 bridgehead atoms. The van der Waals surface area contributed by atoms with Crippen molar-refractivity contribution in [1.82, 2.24) is 24.8 Å². The van der Waals surface area contributed by atoms with Gasteiger partial charge in [-0.1, -0.05) is 25.6 Å². The fourth-order valence-corrected chi connectivity index (χ4v) is 5.47. The lowest BCUT2D eigenvalue weighted by Crippen LogP contribution is -2.24. The summed E-state index contributed by atoms with van der Waals surface area (Å²) in [6.07, 6.45) is 2.44. The van der Waals surface area contributed by atoms with E-state index >= 15 is 0 Å². The predicted octanol–water partition coefficient (Wildman–Crippen LogP) is 4.45. The molecule has 4 heterocycles. The molecule has 0 saturated heterocycles. The molecular weight excluding hydrogens is 456 g/mol. The Morgan fingerprint density at radius 1 is 1.21 bits per heavy atom. The first kappa shape index (κ1) is 22.0. The van der Waals surface area contributed by atoms with Crippen LogP contribution in [-0.4, -0.2) is 45.3 Å². The molecular formula is C23H26N6O2S2. The zero-order valence-corrected chi connectivity index (χ0v) is 20.2. The minimum atomic E-state index is 0.390. The smallest absolute Gasteiger partial charge is 0.175 e. The molecule has 1 aliphatic rings. The molecule has 1 aliphatic heterocycles. The lowest BCUT2D eigenvalue weighted by molar-refractivity contribution is 0.171. The van der Waals surface area contributed by atoms with Crippen LogP contribution in [0.25, 0.3) is 22.3 Å². The summed E-state index contributed by atoms with van der Waals surface area (Å²) in [5.74, 6) is 1.92. The normalized spacial score (nSPS) is 13.2. The van der Waals surface area contributed by atoms with Crippen molar-refractivity contribution in [3.8, 4) is 22.6 Å². The third kappa shape index (κ3) is 4.64. The second-order valence-corrected chi connectivity index (χ2v) is 9.83. The molecule has 0 atom stereocenters. The number of nitrogens with one attached hydrogen (secondary N) is 1. The molecule has 0 unspecified atom stereocenters. The van der Waals surface area contributed by atoms with Crippen LogP contribution in [0.5, 0.6) is 11.5 Å². The topological polar surface area (TPSA) is 100 Å². The first-order valence-corrected chi connectivity index (χ1v) is 12.7. The summed E-state index contributed by atoms with van der Waals surface area (Å²) in [7, 11) is 0. The summed E-state index contributed by atoms with van der Waals surface area (Å²) in [5, 5.41) is 8.52. The standard InChI is InChI=1S/C23H26N6O2S2/c1-14(2)25-5-3-6-29-22-20(21(24)26-13-27-22)28-23(29)33-19-11-18-17(30-7-8-31-18)10-16(19)15-4-9-32-12-15/h4,9-14,25H,3,5-8H2,1-2H3,(H2,24,26,27). The fraction of sp³-hybridized carbons (Fsp3) is 0.348. The van der Waals surface area contributed by atoms with E-state index in [1.165, 1.54) is 6.33 Å². The molecule has 0 amide bonds. The van der Waals surface area contributed by atoms with Crippen LogP contribution in [0.4, 0.5) is 5.82 Å². The number of benzene rings is 1. The van der Waals surface area contributed by atoms with E-state index in [9.17, 15) is 0 Å². The van der Waals surface area contributed by atoms with Gasteiger partial charge in [-0.3, -0.25) is 0 Å². The van der Waals surface area contributed by atoms with Crippen LogP contribution in [0.1, 0.15) is 20.3 Å². The molecule has 3 N–H and O–H groups in total. The number of nitrogen functional groups attached to an aromatic ring is 1. The van der Waals surface area contributed by atoms with Gasteiger partial charge in [-0.25, -0.2) is 15.0 Å². The van der Waals surface area contributed by atoms with E-state index in [1.54, 1.807) is 23.1 Å². The number of hydrogen-bond donors (Lipinski definition) is 2. The lowest BCUT2D eigenvalue weighted by Gasteiger charge is -2.21. The number of nitrogens with zero attached hydrogens (tertiary/aromatic N) is 4. The minimum absolute atomic E-state index is 0.390. The summed E-state index contributed by atoms with van der Waals surface area (Å²) in [4.78, 5) is 14.5. The maximum atomic E-state index is 6.14. The van der Waals surface area contributed by atoms with Gasteiger partial charge in [0.05, 0.1) is 0 Å². The van der Waals surface area contributed by atoms with Crippen LogP contribution in [-0.2, 0) is 6.54 Å². The van der Waals surface area contributed by atoms with Crippen LogP contribution in [0.3, 0.4) is 0 Å². The van der Waals surface area contributed by atoms with Gasteiger partial charge >= 0.3 is 0 Å². The number of ether oxygens (including phenoxy) is 2. The summed E-state index contributed by atoms with van der Waals surface area (Å²) in [6.45, 7) is 7.08. The van der Waals surface area contributed by atoms with Crippen LogP contribution < -0.4 is 20.5 Å². The predicted molar refractivity (Wildman–Crippen MR) is 132 cm³/mol. The molecule has 0 radical (unpaired) electrons. The van der Waals surface area contributed by atoms with E-state index < -0.39 is 0 Å². The van der Waals surface area contributed by atoms with Gasteiger partial charge in [0, 0.05) is 23.0 Å². The van der Waals surface area contributed by atoms with Gasteiger partial charge in [0.2, 0.25) is 0 Å². The molecule has 172 valence electrons. The third-order valence-electron chi connectivity index (χ3n) is 5.31. The van der Waals surface area contributed by atoms with Gasteiger partial charge < -0.3 is 25.1 Å². The summed E-state index contributed by atoms with van der Waals surface area (Å²) in [6, 6.07) is 6.67. The minimum Gasteiger partial charge on any atom is -0.486 e. The van der Waals surface area contributed by atoms with Gasteiger partial charge in [0.25, 0.3) is 0 Å². The van der Waals surface area contributed by atoms with Crippen LogP contribution in [0.15, 0.2) is 45.3 Å². The molecule has 5 rings (SSSR count). The molecule has 0 spiro atoms. The molecule has 8 nitrogen and oxygen atoms in total. The van der Waals surface area contributed by atoms with Gasteiger partial charge in [0.15, 0.2) is 33.6 Å². The summed E-state index contributed by atoms with van der Waals surface area (Å²) >= 11 is 3.26. The fourth-order valence-electron chi connectivity index (χ4n) is 3.74. The Bertz CT molecular complexity index is 1260. The van der Waals surface area contributed by atoms with E-state index in [4.69, 9.17) is 20.2 Å². The highest BCUT2D eigenvalue weighted by atomic mass is 32.2. The van der Waals surface area contributed by atoms with Crippen LogP contribution in [0.2, 0.25) is 0 Å². The van der Waals surface area contributed by atoms with E-state index in [-0.39, 0.29) is 0 Å². The van der Waals surface area contributed by atoms with Crippen molar-refractivity contribution in [1.29, 1.82) is 0 Å². The Morgan fingerprint density at radius 3 is 2.79 bits per heavy atom. The number of aryl methyl sites for hydroxylation is 1. The maximum absolute atomic E-state index is 6.14. The zero-order chi connectivity index (χ0) is 22.8. The number of fused-ring (bicyclic) bond motifs is 2. The average molecular weight is 483 g/mol. The monoisotopic (exact) mass is 482 g/mol. The highest BCUT2D eigenvalue weighted by Gasteiger charge is 2.21. The Morgan fingerprint density at radius 2 is 2.03 bits per heavy atom. The number of anilines is 1. The number of rotatable bonds is 8. The summed E-state index contributed by atoms with van der Waals surface area (Å²) < 4.78 is 13.9. The number of hydrogen-bond acceptors (Lipinski definition) is 9. The molecule has 1 aromatic carbocycles. The number of nitrogens with two attached hydrogens (primary N) is 1. The first-order chi connectivity index (χ1) is 16.1. The second-order valence-electron chi connectivity index (χ2n) is 8.05. The van der Waals surface area contributed by atoms with Gasteiger partial charge in [-0.05, 0) is 47.5 Å². The van der Waals surface area contributed by atoms with Crippen LogP contribution in [0, 0.1) is 0 Å². The van der Waals surface area contributed by atoms with E-state index in [0.29, 0.717) is 30.6 Å². The van der Waals surface area contributed by atoms with Crippen molar-refractivity contribution < 1.29 is 9.47 Å². The van der Waals surface area contributed by atoms with Gasteiger partial charge in [-0.2, -0.15) is 11.3 Å².